The number of unbranched alkanes of at least 4 members (excludes halogenated alkanes) is 1. The summed E-state index contributed by atoms with van der Waals surface area (Å²) in [7, 11) is 0. The van der Waals surface area contributed by atoms with Crippen LogP contribution < -0.4 is 16.2 Å². The molecule has 1 aliphatic rings. The number of piperidine rings is 1. The third-order valence-electron chi connectivity index (χ3n) is 4.13. The van der Waals surface area contributed by atoms with E-state index in [0.717, 1.165) is 25.9 Å². The summed E-state index contributed by atoms with van der Waals surface area (Å²) in [5.74, 6) is 0.553. The Bertz CT molecular complexity index is 511. The smallest absolute Gasteiger partial charge is 0.287 e. The van der Waals surface area contributed by atoms with Crippen molar-refractivity contribution in [3.8, 4) is 0 Å². The van der Waals surface area contributed by atoms with Crippen molar-refractivity contribution in [2.75, 3.05) is 18.4 Å². The van der Waals surface area contributed by atoms with Crippen LogP contribution >= 0.6 is 11.6 Å². The van der Waals surface area contributed by atoms with Gasteiger partial charge in [0.05, 0.1) is 11.9 Å². The maximum Gasteiger partial charge on any atom is 0.287 e. The highest BCUT2D eigenvalue weighted by molar-refractivity contribution is 6.32. The third-order valence-corrected chi connectivity index (χ3v) is 4.50. The van der Waals surface area contributed by atoms with Crippen LogP contribution in [0.1, 0.15) is 39.5 Å². The summed E-state index contributed by atoms with van der Waals surface area (Å²) in [6, 6.07) is 0.267. The fraction of sp³-hybridized carbons (Fsp3) is 0.733. The molecule has 2 N–H and O–H groups in total. The quantitative estimate of drug-likeness (QED) is 0.847. The van der Waals surface area contributed by atoms with E-state index in [1.807, 2.05) is 0 Å². The molecular weight excluding hydrogens is 288 g/mol. The molecule has 0 aliphatic carbocycles. The first kappa shape index (κ1) is 16.3. The van der Waals surface area contributed by atoms with Gasteiger partial charge in [-0.05, 0) is 45.2 Å². The molecule has 1 aliphatic heterocycles. The van der Waals surface area contributed by atoms with E-state index in [1.165, 1.54) is 17.5 Å². The van der Waals surface area contributed by atoms with Crippen LogP contribution in [0.15, 0.2) is 11.0 Å². The molecule has 2 rings (SSSR count). The van der Waals surface area contributed by atoms with Crippen molar-refractivity contribution < 1.29 is 0 Å². The fourth-order valence-corrected chi connectivity index (χ4v) is 2.90. The highest BCUT2D eigenvalue weighted by Crippen LogP contribution is 2.21. The number of hydrogen-bond acceptors (Lipinski definition) is 4. The predicted octanol–water partition coefficient (Wildman–Crippen LogP) is 2.50. The Labute approximate surface area is 131 Å². The molecule has 5 nitrogen and oxygen atoms in total. The Morgan fingerprint density at radius 3 is 3.10 bits per heavy atom. The number of nitrogens with zero attached hydrogens (tertiary/aromatic N) is 2. The van der Waals surface area contributed by atoms with E-state index in [-0.39, 0.29) is 16.6 Å². The monoisotopic (exact) mass is 312 g/mol. The van der Waals surface area contributed by atoms with Crippen LogP contribution in [0.4, 0.5) is 5.69 Å². The van der Waals surface area contributed by atoms with Crippen LogP contribution in [0, 0.1) is 5.92 Å². The van der Waals surface area contributed by atoms with Crippen LogP contribution in [-0.2, 0) is 6.54 Å². The van der Waals surface area contributed by atoms with E-state index in [9.17, 15) is 4.79 Å². The summed E-state index contributed by atoms with van der Waals surface area (Å²) < 4.78 is 1.45. The Morgan fingerprint density at radius 1 is 1.62 bits per heavy atom. The molecule has 21 heavy (non-hydrogen) atoms. The molecule has 0 amide bonds. The van der Waals surface area contributed by atoms with Gasteiger partial charge in [0.25, 0.3) is 5.56 Å². The Balaban J connectivity index is 2.06. The largest absolute Gasteiger partial charge is 0.380 e. The lowest BCUT2D eigenvalue weighted by Gasteiger charge is -2.29. The summed E-state index contributed by atoms with van der Waals surface area (Å²) in [5.41, 5.74) is 0.441. The second-order valence-electron chi connectivity index (χ2n) is 5.79. The predicted molar refractivity (Wildman–Crippen MR) is 87.1 cm³/mol. The van der Waals surface area contributed by atoms with Crippen molar-refractivity contribution in [1.82, 2.24) is 15.1 Å². The van der Waals surface area contributed by atoms with Gasteiger partial charge in [-0.3, -0.25) is 4.79 Å². The van der Waals surface area contributed by atoms with E-state index < -0.39 is 0 Å². The van der Waals surface area contributed by atoms with Crippen molar-refractivity contribution in [3.05, 3.63) is 21.6 Å². The van der Waals surface area contributed by atoms with Crippen molar-refractivity contribution in [1.29, 1.82) is 0 Å². The number of hydrogen-bond donors (Lipinski definition) is 2. The van der Waals surface area contributed by atoms with Gasteiger partial charge in [0.2, 0.25) is 0 Å². The second-order valence-corrected chi connectivity index (χ2v) is 6.17. The van der Waals surface area contributed by atoms with Gasteiger partial charge in [0.1, 0.15) is 5.02 Å². The molecule has 1 aromatic rings. The van der Waals surface area contributed by atoms with Crippen molar-refractivity contribution in [2.45, 2.75) is 52.1 Å². The lowest BCUT2D eigenvalue weighted by Crippen LogP contribution is -2.39. The molecule has 0 radical (unpaired) electrons. The topological polar surface area (TPSA) is 59.0 Å². The Hall–Kier alpha value is -1.07. The third kappa shape index (κ3) is 4.20. The molecule has 1 aromatic heterocycles. The Kier molecular flexibility index (Phi) is 6.06. The highest BCUT2D eigenvalue weighted by Gasteiger charge is 2.21. The van der Waals surface area contributed by atoms with Gasteiger partial charge in [-0.1, -0.05) is 24.9 Å². The molecule has 2 heterocycles. The maximum absolute atomic E-state index is 12.2. The molecule has 118 valence electrons. The zero-order chi connectivity index (χ0) is 15.2. The van der Waals surface area contributed by atoms with Crippen LogP contribution in [0.2, 0.25) is 5.02 Å². The van der Waals surface area contributed by atoms with Gasteiger partial charge >= 0.3 is 0 Å². The molecule has 0 aromatic carbocycles. The zero-order valence-electron chi connectivity index (χ0n) is 12.9. The normalized spacial score (nSPS) is 20.2. The summed E-state index contributed by atoms with van der Waals surface area (Å²) in [6.07, 6.45) is 6.02. The molecule has 0 saturated carbocycles. The Morgan fingerprint density at radius 2 is 2.43 bits per heavy atom. The number of aromatic nitrogens is 2. The summed E-state index contributed by atoms with van der Waals surface area (Å²) in [6.45, 7) is 6.95. The van der Waals surface area contributed by atoms with Crippen LogP contribution in [0.3, 0.4) is 0 Å². The van der Waals surface area contributed by atoms with E-state index in [1.54, 1.807) is 6.20 Å². The minimum absolute atomic E-state index is 0.205. The van der Waals surface area contributed by atoms with Crippen LogP contribution in [0.5, 0.6) is 0 Å². The number of aryl methyl sites for hydroxylation is 1. The van der Waals surface area contributed by atoms with E-state index in [2.05, 4.69) is 29.6 Å². The molecule has 2 unspecified atom stereocenters. The number of halogens is 1. The van der Waals surface area contributed by atoms with Gasteiger partial charge in [-0.15, -0.1) is 0 Å². The molecular formula is C15H25ClN4O. The standard InChI is InChI=1S/C15H25ClN4O/c1-3-4-8-20-15(21)14(16)13(10-18-20)19-11(2)12-6-5-7-17-9-12/h10-12,17,19H,3-9H2,1-2H3. The first-order valence-corrected chi connectivity index (χ1v) is 8.24. The maximum atomic E-state index is 12.2. The van der Waals surface area contributed by atoms with Crippen molar-refractivity contribution >= 4 is 17.3 Å². The molecule has 1 fully saturated rings. The molecule has 6 heteroatoms. The van der Waals surface area contributed by atoms with Crippen LogP contribution in [0.25, 0.3) is 0 Å². The number of rotatable bonds is 6. The summed E-state index contributed by atoms with van der Waals surface area (Å²) in [4.78, 5) is 12.2. The van der Waals surface area contributed by atoms with Gasteiger partial charge in [-0.25, -0.2) is 4.68 Å². The summed E-state index contributed by atoms with van der Waals surface area (Å²) in [5, 5.41) is 11.2. The average Bonchev–Trinajstić information content (AvgIpc) is 2.52. The van der Waals surface area contributed by atoms with E-state index in [0.29, 0.717) is 18.2 Å². The lowest BCUT2D eigenvalue weighted by molar-refractivity contribution is 0.347. The second kappa shape index (κ2) is 7.80. The van der Waals surface area contributed by atoms with Gasteiger partial charge in [0, 0.05) is 12.6 Å². The SMILES string of the molecule is CCCCn1ncc(NC(C)C2CCCNC2)c(Cl)c1=O. The zero-order valence-corrected chi connectivity index (χ0v) is 13.6. The van der Waals surface area contributed by atoms with Gasteiger partial charge in [-0.2, -0.15) is 5.10 Å². The average molecular weight is 313 g/mol. The summed E-state index contributed by atoms with van der Waals surface area (Å²) >= 11 is 6.21. The molecule has 0 bridgehead atoms. The molecule has 0 spiro atoms. The number of anilines is 1. The molecule has 2 atom stereocenters. The highest BCUT2D eigenvalue weighted by atomic mass is 35.5. The first-order chi connectivity index (χ1) is 10.1. The fourth-order valence-electron chi connectivity index (χ4n) is 2.70. The van der Waals surface area contributed by atoms with Gasteiger partial charge in [0.15, 0.2) is 0 Å². The van der Waals surface area contributed by atoms with Crippen molar-refractivity contribution in [2.24, 2.45) is 5.92 Å². The number of nitrogens with one attached hydrogen (secondary N) is 2. The first-order valence-electron chi connectivity index (χ1n) is 7.86. The van der Waals surface area contributed by atoms with Gasteiger partial charge < -0.3 is 10.6 Å². The van der Waals surface area contributed by atoms with E-state index >= 15 is 0 Å². The van der Waals surface area contributed by atoms with E-state index in [4.69, 9.17) is 11.6 Å². The minimum atomic E-state index is -0.205. The van der Waals surface area contributed by atoms with Crippen LogP contribution in [-0.4, -0.2) is 28.9 Å². The molecule has 1 saturated heterocycles. The lowest BCUT2D eigenvalue weighted by atomic mass is 9.93. The van der Waals surface area contributed by atoms with Crippen molar-refractivity contribution in [3.63, 3.8) is 0 Å². The minimum Gasteiger partial charge on any atom is -0.380 e.